The number of benzene rings is 1. The number of hydrogen-bond acceptors (Lipinski definition) is 9. The van der Waals surface area contributed by atoms with Gasteiger partial charge in [-0.3, -0.25) is 30.3 Å². The van der Waals surface area contributed by atoms with Crippen molar-refractivity contribution in [3.8, 4) is 11.5 Å². The van der Waals surface area contributed by atoms with E-state index in [0.29, 0.717) is 22.6 Å². The number of rotatable bonds is 4. The fourth-order valence-electron chi connectivity index (χ4n) is 1.53. The van der Waals surface area contributed by atoms with Gasteiger partial charge in [-0.1, -0.05) is 0 Å². The third kappa shape index (κ3) is 4.98. The zero-order valence-corrected chi connectivity index (χ0v) is 12.5. The van der Waals surface area contributed by atoms with Crippen molar-refractivity contribution in [2.45, 2.75) is 0 Å². The second-order valence-corrected chi connectivity index (χ2v) is 4.21. The Bertz CT molecular complexity index is 789. The lowest BCUT2D eigenvalue weighted by Crippen LogP contribution is -2.23. The molecule has 0 spiro atoms. The summed E-state index contributed by atoms with van der Waals surface area (Å²) in [6.45, 7) is 0. The Labute approximate surface area is 138 Å². The van der Waals surface area contributed by atoms with Gasteiger partial charge in [0.2, 0.25) is 6.20 Å². The lowest BCUT2D eigenvalue weighted by atomic mass is 10.2. The molecule has 1 N–H and O–H groups in total. The van der Waals surface area contributed by atoms with Crippen LogP contribution in [0, 0.1) is 35.6 Å². The summed E-state index contributed by atoms with van der Waals surface area (Å²) in [6.07, 6.45) is 2.77. The molecular formula is C12H10N4O9. The SMILES string of the molecule is COc1ccc[n+]([O-])c1.O=[N+]([O-])c1cc([N+](=O)[O-])c(O)c([N+](=O)[O-])c1. The van der Waals surface area contributed by atoms with Crippen molar-refractivity contribution in [3.05, 3.63) is 72.2 Å². The molecule has 1 heterocycles. The maximum absolute atomic E-state index is 10.5. The number of phenolic OH excluding ortho intramolecular Hbond substituents is 1. The van der Waals surface area contributed by atoms with Crippen LogP contribution in [0.3, 0.4) is 0 Å². The number of aromatic hydroxyl groups is 1. The summed E-state index contributed by atoms with van der Waals surface area (Å²) in [5.41, 5.74) is -3.00. The maximum Gasteiger partial charge on any atom is 0.324 e. The minimum absolute atomic E-state index is 0.447. The summed E-state index contributed by atoms with van der Waals surface area (Å²) in [5.74, 6) is -0.631. The highest BCUT2D eigenvalue weighted by Gasteiger charge is 2.30. The van der Waals surface area contributed by atoms with Crippen molar-refractivity contribution in [1.29, 1.82) is 0 Å². The van der Waals surface area contributed by atoms with Crippen LogP contribution in [0.5, 0.6) is 11.5 Å². The van der Waals surface area contributed by atoms with Crippen LogP contribution in [0.2, 0.25) is 0 Å². The molecule has 0 aliphatic rings. The summed E-state index contributed by atoms with van der Waals surface area (Å²) in [6, 6.07) is 4.24. The first-order chi connectivity index (χ1) is 11.7. The van der Waals surface area contributed by atoms with Gasteiger partial charge in [0.15, 0.2) is 11.9 Å². The van der Waals surface area contributed by atoms with Gasteiger partial charge >= 0.3 is 11.4 Å². The van der Waals surface area contributed by atoms with Crippen LogP contribution in [0.1, 0.15) is 0 Å². The van der Waals surface area contributed by atoms with Gasteiger partial charge in [0.25, 0.3) is 11.4 Å². The minimum atomic E-state index is -1.21. The van der Waals surface area contributed by atoms with E-state index in [1.165, 1.54) is 19.5 Å². The van der Waals surface area contributed by atoms with Gasteiger partial charge in [0, 0.05) is 6.07 Å². The molecule has 132 valence electrons. The summed E-state index contributed by atoms with van der Waals surface area (Å²) in [4.78, 5) is 27.8. The molecule has 0 saturated carbocycles. The molecular weight excluding hydrogens is 344 g/mol. The number of nitrogens with zero attached hydrogens (tertiary/aromatic N) is 4. The Hall–Kier alpha value is -4.03. The van der Waals surface area contributed by atoms with Crippen LogP contribution in [-0.4, -0.2) is 27.0 Å². The number of nitro benzene ring substituents is 3. The average molecular weight is 354 g/mol. The fraction of sp³-hybridized carbons (Fsp3) is 0.0833. The van der Waals surface area contributed by atoms with Crippen molar-refractivity contribution >= 4 is 17.1 Å². The largest absolute Gasteiger partial charge is 0.619 e. The minimum Gasteiger partial charge on any atom is -0.619 e. The molecule has 2 aromatic rings. The van der Waals surface area contributed by atoms with E-state index in [0.717, 1.165) is 0 Å². The second kappa shape index (κ2) is 8.00. The molecule has 13 heteroatoms. The molecule has 0 radical (unpaired) electrons. The summed E-state index contributed by atoms with van der Waals surface area (Å²) < 4.78 is 5.47. The van der Waals surface area contributed by atoms with E-state index in [4.69, 9.17) is 9.84 Å². The van der Waals surface area contributed by atoms with E-state index in [2.05, 4.69) is 0 Å². The van der Waals surface area contributed by atoms with E-state index in [9.17, 15) is 35.6 Å². The monoisotopic (exact) mass is 354 g/mol. The first kappa shape index (κ1) is 19.0. The van der Waals surface area contributed by atoms with Crippen LogP contribution in [-0.2, 0) is 0 Å². The molecule has 25 heavy (non-hydrogen) atoms. The van der Waals surface area contributed by atoms with Gasteiger partial charge in [0.05, 0.1) is 34.0 Å². The summed E-state index contributed by atoms with van der Waals surface area (Å²) in [5, 5.41) is 50.7. The molecule has 0 aliphatic heterocycles. The third-order valence-corrected chi connectivity index (χ3v) is 2.64. The predicted octanol–water partition coefficient (Wildman–Crippen LogP) is 1.45. The van der Waals surface area contributed by atoms with Gasteiger partial charge < -0.3 is 15.1 Å². The number of non-ortho nitro benzene ring substituents is 1. The van der Waals surface area contributed by atoms with Gasteiger partial charge in [-0.15, -0.1) is 0 Å². The van der Waals surface area contributed by atoms with E-state index in [1.807, 2.05) is 0 Å². The van der Waals surface area contributed by atoms with Gasteiger partial charge in [-0.05, 0) is 6.07 Å². The Balaban J connectivity index is 0.000000293. The molecule has 1 aromatic heterocycles. The normalized spacial score (nSPS) is 9.48. The van der Waals surface area contributed by atoms with E-state index < -0.39 is 37.6 Å². The topological polar surface area (TPSA) is 186 Å². The van der Waals surface area contributed by atoms with E-state index in [-0.39, 0.29) is 0 Å². The van der Waals surface area contributed by atoms with Crippen LogP contribution in [0.4, 0.5) is 17.1 Å². The highest BCUT2D eigenvalue weighted by atomic mass is 16.6. The number of hydrogen-bond donors (Lipinski definition) is 1. The van der Waals surface area contributed by atoms with E-state index >= 15 is 0 Å². The number of aromatic nitrogens is 1. The predicted molar refractivity (Wildman–Crippen MR) is 80.0 cm³/mol. The molecule has 0 aliphatic carbocycles. The highest BCUT2D eigenvalue weighted by molar-refractivity contribution is 5.64. The van der Waals surface area contributed by atoms with E-state index in [1.54, 1.807) is 12.1 Å². The van der Waals surface area contributed by atoms with Crippen LogP contribution >= 0.6 is 0 Å². The Morgan fingerprint density at radius 2 is 1.56 bits per heavy atom. The summed E-state index contributed by atoms with van der Waals surface area (Å²) >= 11 is 0. The standard InChI is InChI=1S/C6H3N3O7.C6H7NO2/c10-6-4(8(13)14)1-3(7(11)12)2-5(6)9(15)16;1-9-6-3-2-4-7(8)5-6/h1-2,10H;2-5H,1H3. The number of pyridine rings is 1. The zero-order chi connectivity index (χ0) is 19.1. The third-order valence-electron chi connectivity index (χ3n) is 2.64. The molecule has 13 nitrogen and oxygen atoms in total. The molecule has 0 saturated heterocycles. The lowest BCUT2D eigenvalue weighted by molar-refractivity contribution is -0.605. The van der Waals surface area contributed by atoms with Crippen molar-refractivity contribution in [1.82, 2.24) is 0 Å². The molecule has 0 atom stereocenters. The smallest absolute Gasteiger partial charge is 0.324 e. The molecule has 1 aromatic carbocycles. The number of nitro groups is 3. The average Bonchev–Trinajstić information content (AvgIpc) is 2.54. The molecule has 2 rings (SSSR count). The molecule has 0 amide bonds. The number of ether oxygens (including phenoxy) is 1. The maximum atomic E-state index is 10.5. The molecule has 0 unspecified atom stereocenters. The van der Waals surface area contributed by atoms with Crippen molar-refractivity contribution in [3.63, 3.8) is 0 Å². The Kier molecular flexibility index (Phi) is 6.09. The summed E-state index contributed by atoms with van der Waals surface area (Å²) in [7, 11) is 1.52. The van der Waals surface area contributed by atoms with Gasteiger partial charge in [0.1, 0.15) is 0 Å². The fourth-order valence-corrected chi connectivity index (χ4v) is 1.53. The molecule has 0 bridgehead atoms. The quantitative estimate of drug-likeness (QED) is 0.367. The Morgan fingerprint density at radius 1 is 1.04 bits per heavy atom. The molecule has 0 fully saturated rings. The number of methoxy groups -OCH3 is 1. The van der Waals surface area contributed by atoms with Crippen molar-refractivity contribution in [2.75, 3.05) is 7.11 Å². The van der Waals surface area contributed by atoms with Crippen LogP contribution in [0.15, 0.2) is 36.7 Å². The van der Waals surface area contributed by atoms with Gasteiger partial charge in [-0.25, -0.2) is 0 Å². The second-order valence-electron chi connectivity index (χ2n) is 4.21. The van der Waals surface area contributed by atoms with Gasteiger partial charge in [-0.2, -0.15) is 4.73 Å². The van der Waals surface area contributed by atoms with Crippen LogP contribution < -0.4 is 9.47 Å². The lowest BCUT2D eigenvalue weighted by Gasteiger charge is -1.97. The Morgan fingerprint density at radius 3 is 1.88 bits per heavy atom. The van der Waals surface area contributed by atoms with Crippen LogP contribution in [0.25, 0.3) is 0 Å². The first-order valence-corrected chi connectivity index (χ1v) is 6.20. The van der Waals surface area contributed by atoms with Crippen molar-refractivity contribution < 1.29 is 29.3 Å². The zero-order valence-electron chi connectivity index (χ0n) is 12.5. The number of phenols is 1. The highest BCUT2D eigenvalue weighted by Crippen LogP contribution is 2.38. The first-order valence-electron chi connectivity index (χ1n) is 6.20. The van der Waals surface area contributed by atoms with Crippen molar-refractivity contribution in [2.24, 2.45) is 0 Å².